The van der Waals surface area contributed by atoms with Crippen LogP contribution in [0.15, 0.2) is 60.9 Å². The van der Waals surface area contributed by atoms with Crippen LogP contribution in [0.1, 0.15) is 25.5 Å². The average Bonchev–Trinajstić information content (AvgIpc) is 2.74. The van der Waals surface area contributed by atoms with Crippen molar-refractivity contribution in [2.75, 3.05) is 23.7 Å². The van der Waals surface area contributed by atoms with Gasteiger partial charge < -0.3 is 21.7 Å². The van der Waals surface area contributed by atoms with Gasteiger partial charge in [0.05, 0.1) is 22.9 Å². The number of fused-ring (bicyclic) bond motifs is 1. The average molecular weight is 389 g/mol. The van der Waals surface area contributed by atoms with E-state index in [1.165, 1.54) is 5.69 Å². The number of nitrogen functional groups attached to an aromatic ring is 1. The number of aromatic nitrogens is 2. The molecule has 1 saturated heterocycles. The predicted octanol–water partition coefficient (Wildman–Crippen LogP) is 3.16. The minimum atomic E-state index is -0.134. The number of nitrogens with one attached hydrogen (secondary N) is 1. The number of hydrogen-bond donors (Lipinski definition) is 3. The van der Waals surface area contributed by atoms with E-state index in [9.17, 15) is 0 Å². The highest BCUT2D eigenvalue weighted by Crippen LogP contribution is 2.23. The summed E-state index contributed by atoms with van der Waals surface area (Å²) in [4.78, 5) is 11.7. The highest BCUT2D eigenvalue weighted by atomic mass is 15.1. The maximum atomic E-state index is 6.24. The lowest BCUT2D eigenvalue weighted by atomic mass is 10.0. The van der Waals surface area contributed by atoms with E-state index in [1.807, 2.05) is 61.8 Å². The Morgan fingerprint density at radius 3 is 2.62 bits per heavy atom. The number of nitrogens with zero attached hydrogens (tertiary/aromatic N) is 3. The van der Waals surface area contributed by atoms with Crippen LogP contribution >= 0.6 is 0 Å². The summed E-state index contributed by atoms with van der Waals surface area (Å²) in [5.74, 6) is 0. The van der Waals surface area contributed by atoms with E-state index in [1.54, 1.807) is 0 Å². The highest BCUT2D eigenvalue weighted by Gasteiger charge is 2.19. The second-order valence-electron chi connectivity index (χ2n) is 7.66. The molecule has 0 saturated carbocycles. The third-order valence-corrected chi connectivity index (χ3v) is 5.44. The molecule has 1 unspecified atom stereocenters. The molecule has 1 fully saturated rings. The number of benzene rings is 2. The smallest absolute Gasteiger partial charge is 0.0894 e. The van der Waals surface area contributed by atoms with Crippen molar-refractivity contribution in [3.8, 4) is 0 Å². The number of para-hydroxylation sites is 2. The van der Waals surface area contributed by atoms with E-state index < -0.39 is 0 Å². The summed E-state index contributed by atoms with van der Waals surface area (Å²) in [5.41, 5.74) is 17.7. The molecule has 150 valence electrons. The van der Waals surface area contributed by atoms with Crippen LogP contribution in [-0.4, -0.2) is 35.1 Å². The quantitative estimate of drug-likeness (QED) is 0.582. The Labute approximate surface area is 171 Å². The minimum Gasteiger partial charge on any atom is -0.399 e. The van der Waals surface area contributed by atoms with Gasteiger partial charge in [0.1, 0.15) is 0 Å². The third-order valence-electron chi connectivity index (χ3n) is 5.44. The van der Waals surface area contributed by atoms with Gasteiger partial charge in [0.2, 0.25) is 0 Å². The van der Waals surface area contributed by atoms with Gasteiger partial charge in [-0.2, -0.15) is 0 Å². The van der Waals surface area contributed by atoms with Crippen molar-refractivity contribution in [2.45, 2.75) is 31.8 Å². The molecule has 1 aliphatic rings. The van der Waals surface area contributed by atoms with Crippen LogP contribution in [0, 0.1) is 0 Å². The topological polar surface area (TPSA) is 93.1 Å². The Morgan fingerprint density at radius 2 is 1.90 bits per heavy atom. The monoisotopic (exact) mass is 388 g/mol. The van der Waals surface area contributed by atoms with Crippen molar-refractivity contribution in [3.63, 3.8) is 0 Å². The second-order valence-corrected chi connectivity index (χ2v) is 7.66. The molecule has 1 aliphatic heterocycles. The van der Waals surface area contributed by atoms with Crippen molar-refractivity contribution < 1.29 is 0 Å². The highest BCUT2D eigenvalue weighted by molar-refractivity contribution is 5.77. The van der Waals surface area contributed by atoms with Gasteiger partial charge in [-0.15, -0.1) is 0 Å². The summed E-state index contributed by atoms with van der Waals surface area (Å²) in [6, 6.07) is 16.3. The van der Waals surface area contributed by atoms with Crippen molar-refractivity contribution in [3.05, 3.63) is 66.6 Å². The summed E-state index contributed by atoms with van der Waals surface area (Å²) >= 11 is 0. The number of hydrogen-bond acceptors (Lipinski definition) is 6. The summed E-state index contributed by atoms with van der Waals surface area (Å²) in [5, 5.41) is 3.57. The third kappa shape index (κ3) is 4.49. The molecule has 6 heteroatoms. The fourth-order valence-electron chi connectivity index (χ4n) is 3.77. The van der Waals surface area contributed by atoms with Gasteiger partial charge in [0.25, 0.3) is 0 Å². The van der Waals surface area contributed by atoms with Crippen molar-refractivity contribution in [2.24, 2.45) is 5.73 Å². The zero-order chi connectivity index (χ0) is 20.2. The van der Waals surface area contributed by atoms with E-state index in [-0.39, 0.29) is 6.04 Å². The molecular weight excluding hydrogens is 360 g/mol. The Bertz CT molecular complexity index is 1000. The molecule has 1 aromatic heterocycles. The molecule has 1 atom stereocenters. The van der Waals surface area contributed by atoms with Crippen LogP contribution in [0.5, 0.6) is 0 Å². The SMILES string of the molecule is CC(N)/C(=C\NC1CCN(c2cccc(N)c2)CC1)c1cnc2ccccc2n1. The van der Waals surface area contributed by atoms with E-state index in [0.717, 1.165) is 53.9 Å². The molecule has 5 N–H and O–H groups in total. The van der Waals surface area contributed by atoms with E-state index in [0.29, 0.717) is 6.04 Å². The molecule has 6 nitrogen and oxygen atoms in total. The van der Waals surface area contributed by atoms with Crippen LogP contribution in [-0.2, 0) is 0 Å². The van der Waals surface area contributed by atoms with Crippen molar-refractivity contribution in [1.29, 1.82) is 0 Å². The Balaban J connectivity index is 1.43. The molecule has 4 rings (SSSR count). The molecule has 0 aliphatic carbocycles. The first-order valence-electron chi connectivity index (χ1n) is 10.1. The molecule has 0 bridgehead atoms. The van der Waals surface area contributed by atoms with Crippen LogP contribution < -0.4 is 21.7 Å². The number of piperidine rings is 1. The fraction of sp³-hybridized carbons (Fsp3) is 0.304. The lowest BCUT2D eigenvalue weighted by Crippen LogP contribution is -2.41. The number of nitrogens with two attached hydrogens (primary N) is 2. The molecule has 0 spiro atoms. The normalized spacial score (nSPS) is 16.8. The maximum absolute atomic E-state index is 6.24. The Morgan fingerprint density at radius 1 is 1.14 bits per heavy atom. The molecule has 2 heterocycles. The number of rotatable bonds is 5. The van der Waals surface area contributed by atoms with Gasteiger partial charge >= 0.3 is 0 Å². The van der Waals surface area contributed by atoms with Gasteiger partial charge in [-0.05, 0) is 50.1 Å². The summed E-state index contributed by atoms with van der Waals surface area (Å²) in [6.07, 6.45) is 5.95. The van der Waals surface area contributed by atoms with Gasteiger partial charge in [-0.25, -0.2) is 4.98 Å². The lowest BCUT2D eigenvalue weighted by Gasteiger charge is -2.34. The van der Waals surface area contributed by atoms with E-state index in [4.69, 9.17) is 16.5 Å². The van der Waals surface area contributed by atoms with Crippen LogP contribution in [0.25, 0.3) is 16.6 Å². The summed E-state index contributed by atoms with van der Waals surface area (Å²) < 4.78 is 0. The first kappa shape index (κ1) is 19.2. The molecule has 0 amide bonds. The Kier molecular flexibility index (Phi) is 5.62. The fourth-order valence-corrected chi connectivity index (χ4v) is 3.77. The van der Waals surface area contributed by atoms with Gasteiger partial charge in [-0.1, -0.05) is 18.2 Å². The molecule has 2 aromatic carbocycles. The Hall–Kier alpha value is -3.12. The maximum Gasteiger partial charge on any atom is 0.0894 e. The minimum absolute atomic E-state index is 0.134. The first-order chi connectivity index (χ1) is 14.1. The van der Waals surface area contributed by atoms with Crippen molar-refractivity contribution >= 4 is 28.0 Å². The van der Waals surface area contributed by atoms with E-state index >= 15 is 0 Å². The van der Waals surface area contributed by atoms with Crippen molar-refractivity contribution in [1.82, 2.24) is 15.3 Å². The number of anilines is 2. The van der Waals surface area contributed by atoms with E-state index in [2.05, 4.69) is 21.3 Å². The zero-order valence-corrected chi connectivity index (χ0v) is 16.8. The lowest BCUT2D eigenvalue weighted by molar-refractivity contribution is 0.455. The standard InChI is InChI=1S/C23H28N6/c1-16(24)20(23-15-27-21-7-2-3-8-22(21)28-23)14-26-18-9-11-29(12-10-18)19-6-4-5-17(25)13-19/h2-8,13-16,18,26H,9-12,24-25H2,1H3/b20-14+. The summed E-state index contributed by atoms with van der Waals surface area (Å²) in [6.45, 7) is 3.98. The van der Waals surface area contributed by atoms with Gasteiger partial charge in [0, 0.05) is 48.3 Å². The predicted molar refractivity (Wildman–Crippen MR) is 120 cm³/mol. The van der Waals surface area contributed by atoms with Gasteiger partial charge in [0.15, 0.2) is 0 Å². The second kappa shape index (κ2) is 8.49. The van der Waals surface area contributed by atoms with Gasteiger partial charge in [-0.3, -0.25) is 4.98 Å². The molecule has 3 aromatic rings. The zero-order valence-electron chi connectivity index (χ0n) is 16.8. The largest absolute Gasteiger partial charge is 0.399 e. The van der Waals surface area contributed by atoms with Crippen LogP contribution in [0.4, 0.5) is 11.4 Å². The van der Waals surface area contributed by atoms with Crippen LogP contribution in [0.2, 0.25) is 0 Å². The molecule has 0 radical (unpaired) electrons. The molecular formula is C23H28N6. The first-order valence-corrected chi connectivity index (χ1v) is 10.1. The van der Waals surface area contributed by atoms with Crippen LogP contribution in [0.3, 0.4) is 0 Å². The molecule has 29 heavy (non-hydrogen) atoms. The summed E-state index contributed by atoms with van der Waals surface area (Å²) in [7, 11) is 0.